The van der Waals surface area contributed by atoms with Gasteiger partial charge in [0.25, 0.3) is 0 Å². The number of nitrogens with two attached hydrogens (primary N) is 1. The maximum atomic E-state index is 13.6. The highest BCUT2D eigenvalue weighted by molar-refractivity contribution is 7.92. The van der Waals surface area contributed by atoms with E-state index >= 15 is 0 Å². The number of amides is 1. The lowest BCUT2D eigenvalue weighted by Crippen LogP contribution is -2.45. The molecule has 0 heterocycles. The fraction of sp³-hybridized carbons (Fsp3) is 0.400. The number of carbonyl (C=O) groups is 2. The van der Waals surface area contributed by atoms with E-state index in [1.807, 2.05) is 6.07 Å². The normalized spacial score (nSPS) is 28.5. The van der Waals surface area contributed by atoms with Gasteiger partial charge in [0.15, 0.2) is 19.7 Å². The van der Waals surface area contributed by atoms with Crippen molar-refractivity contribution < 1.29 is 36.3 Å². The number of ether oxygens (including phenoxy) is 1. The number of hydrogen-bond acceptors (Lipinski definition) is 8. The van der Waals surface area contributed by atoms with Gasteiger partial charge in [-0.1, -0.05) is 41.4 Å². The van der Waals surface area contributed by atoms with E-state index in [0.717, 1.165) is 6.26 Å². The van der Waals surface area contributed by atoms with Crippen molar-refractivity contribution in [2.24, 2.45) is 22.5 Å². The molecule has 0 aliphatic heterocycles. The van der Waals surface area contributed by atoms with Crippen LogP contribution in [0, 0.1) is 28.1 Å². The van der Waals surface area contributed by atoms with Crippen molar-refractivity contribution in [2.45, 2.75) is 47.0 Å². The Bertz CT molecular complexity index is 1620. The van der Waals surface area contributed by atoms with Crippen LogP contribution in [0.1, 0.15) is 24.8 Å². The highest BCUT2D eigenvalue weighted by Crippen LogP contribution is 2.67. The number of carbonyl (C=O) groups excluding carboxylic acids is 1. The molecule has 2 unspecified atom stereocenters. The van der Waals surface area contributed by atoms with Gasteiger partial charge in [-0.15, -0.1) is 0 Å². The summed E-state index contributed by atoms with van der Waals surface area (Å²) in [6.07, 6.45) is -1.30. The van der Waals surface area contributed by atoms with Crippen LogP contribution in [0.15, 0.2) is 52.3 Å². The van der Waals surface area contributed by atoms with Crippen molar-refractivity contribution >= 4 is 54.8 Å². The van der Waals surface area contributed by atoms with E-state index in [4.69, 9.17) is 33.7 Å². The molecule has 14 heteroatoms. The molecule has 39 heavy (non-hydrogen) atoms. The topological polar surface area (TPSA) is 182 Å². The van der Waals surface area contributed by atoms with Crippen LogP contribution in [0.25, 0.3) is 0 Å². The first-order valence-corrected chi connectivity index (χ1v) is 15.8. The summed E-state index contributed by atoms with van der Waals surface area (Å²) in [6.45, 7) is -0.402. The molecule has 208 valence electrons. The first-order chi connectivity index (χ1) is 18.1. The van der Waals surface area contributed by atoms with Gasteiger partial charge in [-0.25, -0.2) is 16.8 Å². The SMILES string of the molecule is CS(=O)(=O)c1cc(Cl)ccc1CO[C@@H]1C[C@H](S(=O)(=O)c2ccccc2Cl)C[C@@]1(C(=O)O)C1CC1(C#N)C(N)=O. The quantitative estimate of drug-likeness (QED) is 0.428. The minimum absolute atomic E-state index is 0.0447. The predicted molar refractivity (Wildman–Crippen MR) is 140 cm³/mol. The van der Waals surface area contributed by atoms with Gasteiger partial charge in [0, 0.05) is 17.2 Å². The van der Waals surface area contributed by atoms with Crippen molar-refractivity contribution in [1.29, 1.82) is 5.26 Å². The Hall–Kier alpha value is -2.69. The number of nitriles is 1. The smallest absolute Gasteiger partial charge is 0.312 e. The van der Waals surface area contributed by atoms with Crippen LogP contribution in [0.2, 0.25) is 10.0 Å². The molecule has 0 saturated heterocycles. The average Bonchev–Trinajstić information content (AvgIpc) is 3.48. The summed E-state index contributed by atoms with van der Waals surface area (Å²) in [6, 6.07) is 11.6. The lowest BCUT2D eigenvalue weighted by Gasteiger charge is -2.32. The lowest BCUT2D eigenvalue weighted by atomic mass is 9.75. The molecule has 10 nitrogen and oxygen atoms in total. The van der Waals surface area contributed by atoms with Crippen molar-refractivity contribution in [1.82, 2.24) is 0 Å². The second-order valence-electron chi connectivity index (χ2n) is 9.91. The van der Waals surface area contributed by atoms with E-state index in [1.165, 1.54) is 36.4 Å². The maximum Gasteiger partial charge on any atom is 0.312 e. The highest BCUT2D eigenvalue weighted by Gasteiger charge is 2.75. The predicted octanol–water partition coefficient (Wildman–Crippen LogP) is 3.00. The van der Waals surface area contributed by atoms with Gasteiger partial charge in [0.1, 0.15) is 10.8 Å². The van der Waals surface area contributed by atoms with E-state index < -0.39 is 72.7 Å². The number of halogens is 2. The van der Waals surface area contributed by atoms with Gasteiger partial charge in [0.05, 0.1) is 38.8 Å². The molecule has 2 saturated carbocycles. The Morgan fingerprint density at radius 1 is 1.13 bits per heavy atom. The summed E-state index contributed by atoms with van der Waals surface area (Å²) >= 11 is 12.1. The largest absolute Gasteiger partial charge is 0.481 e. The van der Waals surface area contributed by atoms with Crippen LogP contribution < -0.4 is 5.73 Å². The molecule has 2 aromatic rings. The van der Waals surface area contributed by atoms with Gasteiger partial charge in [0.2, 0.25) is 5.91 Å². The molecular weight excluding hydrogens is 591 g/mol. The summed E-state index contributed by atoms with van der Waals surface area (Å²) in [7, 11) is -7.94. The molecule has 2 fully saturated rings. The fourth-order valence-electron chi connectivity index (χ4n) is 5.61. The molecule has 5 atom stereocenters. The van der Waals surface area contributed by atoms with Crippen molar-refractivity contribution in [3.63, 3.8) is 0 Å². The zero-order valence-electron chi connectivity index (χ0n) is 20.5. The van der Waals surface area contributed by atoms with E-state index in [-0.39, 0.29) is 38.2 Å². The van der Waals surface area contributed by atoms with Crippen molar-refractivity contribution in [3.8, 4) is 6.07 Å². The van der Waals surface area contributed by atoms with Crippen molar-refractivity contribution in [2.75, 3.05) is 6.26 Å². The Labute approximate surface area is 235 Å². The van der Waals surface area contributed by atoms with Gasteiger partial charge >= 0.3 is 5.97 Å². The molecule has 0 aromatic heterocycles. The van der Waals surface area contributed by atoms with Crippen LogP contribution in [0.5, 0.6) is 0 Å². The number of benzene rings is 2. The van der Waals surface area contributed by atoms with Crippen molar-refractivity contribution in [3.05, 3.63) is 58.1 Å². The third-order valence-corrected chi connectivity index (χ3v) is 11.7. The second-order valence-corrected chi connectivity index (χ2v) is 14.9. The monoisotopic (exact) mass is 614 g/mol. The van der Waals surface area contributed by atoms with E-state index in [9.17, 15) is 36.8 Å². The van der Waals surface area contributed by atoms with Gasteiger partial charge in [-0.2, -0.15) is 5.26 Å². The number of carboxylic acids is 1. The number of nitrogens with zero attached hydrogens (tertiary/aromatic N) is 1. The third kappa shape index (κ3) is 4.91. The Balaban J connectivity index is 1.79. The van der Waals surface area contributed by atoms with E-state index in [2.05, 4.69) is 0 Å². The van der Waals surface area contributed by atoms with Crippen LogP contribution in [0.3, 0.4) is 0 Å². The molecular formula is C25H24Cl2N2O8S2. The summed E-state index contributed by atoms with van der Waals surface area (Å²) in [4.78, 5) is 24.8. The molecule has 2 aliphatic carbocycles. The minimum Gasteiger partial charge on any atom is -0.481 e. The van der Waals surface area contributed by atoms with Crippen LogP contribution >= 0.6 is 23.2 Å². The third-order valence-electron chi connectivity index (χ3n) is 7.69. The number of rotatable bonds is 9. The Morgan fingerprint density at radius 3 is 2.33 bits per heavy atom. The lowest BCUT2D eigenvalue weighted by molar-refractivity contribution is -0.161. The molecule has 1 amide bonds. The molecule has 0 bridgehead atoms. The maximum absolute atomic E-state index is 13.6. The summed E-state index contributed by atoms with van der Waals surface area (Å²) in [5, 5.41) is 19.1. The van der Waals surface area contributed by atoms with E-state index in [1.54, 1.807) is 6.07 Å². The van der Waals surface area contributed by atoms with E-state index in [0.29, 0.717) is 0 Å². The first kappa shape index (κ1) is 29.3. The molecule has 4 rings (SSSR count). The molecule has 2 aliphatic rings. The molecule has 2 aromatic carbocycles. The van der Waals surface area contributed by atoms with Crippen LogP contribution in [-0.2, 0) is 40.6 Å². The molecule has 0 spiro atoms. The first-order valence-electron chi connectivity index (χ1n) is 11.6. The number of primary amides is 1. The summed E-state index contributed by atoms with van der Waals surface area (Å²) in [5.41, 5.74) is 1.86. The van der Waals surface area contributed by atoms with Crippen LogP contribution in [0.4, 0.5) is 0 Å². The zero-order valence-corrected chi connectivity index (χ0v) is 23.6. The molecule has 3 N–H and O–H groups in total. The van der Waals surface area contributed by atoms with Gasteiger partial charge in [-0.3, -0.25) is 9.59 Å². The minimum atomic E-state index is -4.18. The number of aliphatic carboxylic acids is 1. The summed E-state index contributed by atoms with van der Waals surface area (Å²) < 4.78 is 57.9. The Kier molecular flexibility index (Phi) is 7.55. The summed E-state index contributed by atoms with van der Waals surface area (Å²) in [5.74, 6) is -3.59. The number of hydrogen-bond donors (Lipinski definition) is 2. The number of sulfone groups is 2. The fourth-order valence-corrected chi connectivity index (χ4v) is 9.14. The number of carboxylic acid groups (broad SMARTS) is 1. The average molecular weight is 616 g/mol. The second kappa shape index (κ2) is 10.1. The standard InChI is InChI=1S/C25H24Cl2N2O8S2/c1-38(33,34)19-8-15(26)7-6-14(19)12-37-21-9-16(39(35,36)18-5-3-2-4-17(18)27)10-25(21,23(31)32)20-11-24(20,13-28)22(29)30/h2-8,16,20-21H,9-12H2,1H3,(H2,29,30)(H,31,32)/t16-,20?,21+,24?,25+/m0/s1. The van der Waals surface area contributed by atoms with Crippen LogP contribution in [-0.4, -0.2) is 51.4 Å². The zero-order chi connectivity index (χ0) is 29.0. The highest BCUT2D eigenvalue weighted by atomic mass is 35.5. The molecule has 0 radical (unpaired) electrons. The van der Waals surface area contributed by atoms with Gasteiger partial charge < -0.3 is 15.6 Å². The van der Waals surface area contributed by atoms with Gasteiger partial charge in [-0.05, 0) is 49.1 Å². The Morgan fingerprint density at radius 2 is 1.79 bits per heavy atom.